The maximum Gasteiger partial charge on any atom is 0.279 e. The number of nitrogens with one attached hydrogen (secondary N) is 2. The first kappa shape index (κ1) is 16.7. The molecule has 3 atom stereocenters. The van der Waals surface area contributed by atoms with Gasteiger partial charge in [-0.15, -0.1) is 0 Å². The number of halogens is 1. The predicted molar refractivity (Wildman–Crippen MR) is 82.3 cm³/mol. The van der Waals surface area contributed by atoms with E-state index in [1.807, 2.05) is 13.8 Å². The van der Waals surface area contributed by atoms with Gasteiger partial charge in [0.15, 0.2) is 6.54 Å². The number of hydrogen-bond donors (Lipinski definition) is 2. The van der Waals surface area contributed by atoms with Gasteiger partial charge in [-0.25, -0.2) is 0 Å². The van der Waals surface area contributed by atoms with Gasteiger partial charge in [-0.2, -0.15) is 0 Å². The van der Waals surface area contributed by atoms with Gasteiger partial charge >= 0.3 is 0 Å². The molecule has 2 rings (SSSR count). The molecule has 1 amide bonds. The number of carbonyl (C=O) groups excluding carboxylic acids is 1. The molecule has 0 aliphatic carbocycles. The number of rotatable bonds is 4. The summed E-state index contributed by atoms with van der Waals surface area (Å²) in [5.74, 6) is -0.223. The lowest BCUT2D eigenvalue weighted by molar-refractivity contribution is -0.907. The Balaban J connectivity index is 2.00. The van der Waals surface area contributed by atoms with Crippen LogP contribution in [-0.4, -0.2) is 42.7 Å². The van der Waals surface area contributed by atoms with Crippen LogP contribution in [0, 0.1) is 10.1 Å². The van der Waals surface area contributed by atoms with Crippen LogP contribution in [0.1, 0.15) is 13.8 Å². The summed E-state index contributed by atoms with van der Waals surface area (Å²) in [5, 5.41) is 13.7. The van der Waals surface area contributed by atoms with Crippen molar-refractivity contribution in [2.45, 2.75) is 26.1 Å². The molecule has 1 heterocycles. The van der Waals surface area contributed by atoms with Crippen molar-refractivity contribution in [3.63, 3.8) is 0 Å². The molecular formula is C14H19ClN3O4+. The minimum absolute atomic E-state index is 0.105. The lowest BCUT2D eigenvalue weighted by Crippen LogP contribution is -3.16. The Bertz CT molecular complexity index is 571. The average molecular weight is 329 g/mol. The summed E-state index contributed by atoms with van der Waals surface area (Å²) in [7, 11) is 0. The summed E-state index contributed by atoms with van der Waals surface area (Å²) in [4.78, 5) is 23.5. The number of nitrogens with zero attached hydrogens (tertiary/aromatic N) is 1. The largest absolute Gasteiger partial charge is 0.364 e. The van der Waals surface area contributed by atoms with Crippen LogP contribution in [0.3, 0.4) is 0 Å². The van der Waals surface area contributed by atoms with Gasteiger partial charge in [0.2, 0.25) is 0 Å². The van der Waals surface area contributed by atoms with E-state index in [0.29, 0.717) is 0 Å². The summed E-state index contributed by atoms with van der Waals surface area (Å²) < 4.78 is 5.63. The Hall–Kier alpha value is -1.70. The Morgan fingerprint density at radius 1 is 1.45 bits per heavy atom. The molecule has 1 aromatic rings. The van der Waals surface area contributed by atoms with E-state index >= 15 is 0 Å². The van der Waals surface area contributed by atoms with Crippen LogP contribution in [0.15, 0.2) is 18.2 Å². The normalized spacial score (nSPS) is 24.8. The highest BCUT2D eigenvalue weighted by atomic mass is 35.5. The molecule has 1 saturated heterocycles. The fourth-order valence-electron chi connectivity index (χ4n) is 2.68. The maximum atomic E-state index is 12.1. The number of non-ortho nitro benzene ring substituents is 1. The second-order valence-electron chi connectivity index (χ2n) is 5.56. The number of anilines is 1. The van der Waals surface area contributed by atoms with Gasteiger partial charge in [-0.3, -0.25) is 14.9 Å². The molecule has 0 spiro atoms. The van der Waals surface area contributed by atoms with E-state index in [1.54, 1.807) is 0 Å². The van der Waals surface area contributed by atoms with Crippen molar-refractivity contribution in [2.24, 2.45) is 0 Å². The number of hydrogen-bond acceptors (Lipinski definition) is 4. The number of nitro groups is 1. The van der Waals surface area contributed by atoms with E-state index in [9.17, 15) is 14.9 Å². The quantitative estimate of drug-likeness (QED) is 0.634. The molecule has 8 heteroatoms. The topological polar surface area (TPSA) is 85.9 Å². The summed E-state index contributed by atoms with van der Waals surface area (Å²) >= 11 is 5.97. The third kappa shape index (κ3) is 4.40. The van der Waals surface area contributed by atoms with E-state index in [2.05, 4.69) is 5.32 Å². The zero-order valence-electron chi connectivity index (χ0n) is 12.5. The van der Waals surface area contributed by atoms with Crippen LogP contribution in [0.4, 0.5) is 11.4 Å². The first-order chi connectivity index (χ1) is 10.3. The van der Waals surface area contributed by atoms with Crippen molar-refractivity contribution < 1.29 is 19.4 Å². The number of amides is 1. The summed E-state index contributed by atoms with van der Waals surface area (Å²) in [6.45, 7) is 5.73. The summed E-state index contributed by atoms with van der Waals surface area (Å²) in [5.41, 5.74) is 0.148. The summed E-state index contributed by atoms with van der Waals surface area (Å²) in [6.07, 6.45) is 0.209. The number of quaternary nitrogens is 1. The molecule has 1 unspecified atom stereocenters. The van der Waals surface area contributed by atoms with Crippen LogP contribution in [0.5, 0.6) is 0 Å². The van der Waals surface area contributed by atoms with E-state index in [4.69, 9.17) is 16.3 Å². The molecule has 0 bridgehead atoms. The standard InChI is InChI=1S/C14H18ClN3O4/c1-9-6-17(7-10(2)22-9)8-14(19)16-13-5-11(18(20)21)3-4-12(13)15/h3-5,9-10H,6-8H2,1-2H3,(H,16,19)/p+1/t9-,10+. The second kappa shape index (κ2) is 7.04. The molecule has 7 nitrogen and oxygen atoms in total. The van der Waals surface area contributed by atoms with E-state index in [-0.39, 0.29) is 41.1 Å². The number of ether oxygens (including phenoxy) is 1. The van der Waals surface area contributed by atoms with Crippen LogP contribution >= 0.6 is 11.6 Å². The zero-order valence-corrected chi connectivity index (χ0v) is 13.2. The molecule has 0 radical (unpaired) electrons. The molecule has 2 N–H and O–H groups in total. The third-order valence-electron chi connectivity index (χ3n) is 3.46. The zero-order chi connectivity index (χ0) is 16.3. The highest BCUT2D eigenvalue weighted by Gasteiger charge is 2.27. The second-order valence-corrected chi connectivity index (χ2v) is 5.97. The highest BCUT2D eigenvalue weighted by Crippen LogP contribution is 2.26. The SMILES string of the molecule is C[C@@H]1C[NH+](CC(=O)Nc2cc([N+](=O)[O-])ccc2Cl)C[C@H](C)O1. The van der Waals surface area contributed by atoms with Gasteiger partial charge < -0.3 is 15.0 Å². The minimum atomic E-state index is -0.525. The van der Waals surface area contributed by atoms with Crippen LogP contribution in [0.2, 0.25) is 5.02 Å². The molecule has 1 aliphatic heterocycles. The van der Waals surface area contributed by atoms with Crippen molar-refractivity contribution in [1.29, 1.82) is 0 Å². The Kier molecular flexibility index (Phi) is 5.33. The number of carbonyl (C=O) groups is 1. The molecular weight excluding hydrogens is 310 g/mol. The van der Waals surface area contributed by atoms with Gasteiger partial charge in [-0.1, -0.05) is 11.6 Å². The third-order valence-corrected chi connectivity index (χ3v) is 3.79. The molecule has 0 aromatic heterocycles. The molecule has 22 heavy (non-hydrogen) atoms. The molecule has 1 aliphatic rings. The van der Waals surface area contributed by atoms with Crippen molar-refractivity contribution >= 4 is 28.9 Å². The number of benzene rings is 1. The van der Waals surface area contributed by atoms with Crippen molar-refractivity contribution in [3.8, 4) is 0 Å². The predicted octanol–water partition coefficient (Wildman–Crippen LogP) is 0.879. The van der Waals surface area contributed by atoms with Crippen LogP contribution < -0.4 is 10.2 Å². The average Bonchev–Trinajstić information content (AvgIpc) is 2.39. The Morgan fingerprint density at radius 2 is 2.09 bits per heavy atom. The van der Waals surface area contributed by atoms with Crippen molar-refractivity contribution in [1.82, 2.24) is 0 Å². The van der Waals surface area contributed by atoms with Crippen molar-refractivity contribution in [3.05, 3.63) is 33.3 Å². The van der Waals surface area contributed by atoms with Gasteiger partial charge in [0, 0.05) is 12.1 Å². The smallest absolute Gasteiger partial charge is 0.279 e. The van der Waals surface area contributed by atoms with E-state index < -0.39 is 4.92 Å². The molecule has 120 valence electrons. The van der Waals surface area contributed by atoms with E-state index in [0.717, 1.165) is 18.0 Å². The fourth-order valence-corrected chi connectivity index (χ4v) is 2.84. The van der Waals surface area contributed by atoms with Gasteiger partial charge in [0.05, 0.1) is 15.6 Å². The van der Waals surface area contributed by atoms with Crippen molar-refractivity contribution in [2.75, 3.05) is 25.0 Å². The van der Waals surface area contributed by atoms with Crippen LogP contribution in [-0.2, 0) is 9.53 Å². The Morgan fingerprint density at radius 3 is 2.68 bits per heavy atom. The first-order valence-electron chi connectivity index (χ1n) is 7.08. The molecule has 0 saturated carbocycles. The fraction of sp³-hybridized carbons (Fsp3) is 0.500. The maximum absolute atomic E-state index is 12.1. The Labute approximate surface area is 133 Å². The number of morpholine rings is 1. The van der Waals surface area contributed by atoms with Gasteiger partial charge in [-0.05, 0) is 19.9 Å². The number of nitro benzene ring substituents is 1. The summed E-state index contributed by atoms with van der Waals surface area (Å²) in [6, 6.07) is 3.97. The first-order valence-corrected chi connectivity index (χ1v) is 7.45. The minimum Gasteiger partial charge on any atom is -0.364 e. The van der Waals surface area contributed by atoms with Gasteiger partial charge in [0.25, 0.3) is 11.6 Å². The lowest BCUT2D eigenvalue weighted by Gasteiger charge is -2.31. The van der Waals surface area contributed by atoms with E-state index in [1.165, 1.54) is 18.2 Å². The van der Waals surface area contributed by atoms with Crippen LogP contribution in [0.25, 0.3) is 0 Å². The lowest BCUT2D eigenvalue weighted by atomic mass is 10.2. The molecule has 1 fully saturated rings. The highest BCUT2D eigenvalue weighted by molar-refractivity contribution is 6.33. The van der Waals surface area contributed by atoms with Gasteiger partial charge in [0.1, 0.15) is 25.3 Å². The monoisotopic (exact) mass is 328 g/mol. The molecule has 1 aromatic carbocycles.